The van der Waals surface area contributed by atoms with Crippen LogP contribution in [-0.4, -0.2) is 65.2 Å². The normalized spacial score (nSPS) is 13.9. The topological polar surface area (TPSA) is 141 Å². The SMILES string of the molecule is CC(C)c1nc(N(C)S(C)(=O)=O)nc(-c2ccc(F)cc2)c1/C=C/C(O)CCC(O)CC(=O)O. The molecule has 1 aromatic heterocycles. The second kappa shape index (κ2) is 11.5. The first-order valence-corrected chi connectivity index (χ1v) is 12.5. The van der Waals surface area contributed by atoms with E-state index < -0.39 is 40.4 Å². The maximum absolute atomic E-state index is 13.5. The smallest absolute Gasteiger partial charge is 0.305 e. The van der Waals surface area contributed by atoms with Crippen molar-refractivity contribution in [2.24, 2.45) is 0 Å². The number of anilines is 1. The van der Waals surface area contributed by atoms with Crippen LogP contribution in [0.4, 0.5) is 10.3 Å². The number of carboxylic acids is 1. The summed E-state index contributed by atoms with van der Waals surface area (Å²) in [5, 5.41) is 28.8. The van der Waals surface area contributed by atoms with Crippen molar-refractivity contribution in [3.63, 3.8) is 0 Å². The summed E-state index contributed by atoms with van der Waals surface area (Å²) in [5.74, 6) is -1.76. The molecule has 0 fully saturated rings. The van der Waals surface area contributed by atoms with Gasteiger partial charge in [-0.25, -0.2) is 27.1 Å². The predicted octanol–water partition coefficient (Wildman–Crippen LogP) is 2.79. The molecule has 0 radical (unpaired) electrons. The largest absolute Gasteiger partial charge is 0.481 e. The van der Waals surface area contributed by atoms with Gasteiger partial charge in [0.25, 0.3) is 0 Å². The highest BCUT2D eigenvalue weighted by Gasteiger charge is 2.22. The average Bonchev–Trinajstić information content (AvgIpc) is 2.74. The summed E-state index contributed by atoms with van der Waals surface area (Å²) >= 11 is 0. The van der Waals surface area contributed by atoms with Crippen LogP contribution >= 0.6 is 0 Å². The van der Waals surface area contributed by atoms with Gasteiger partial charge >= 0.3 is 5.97 Å². The van der Waals surface area contributed by atoms with E-state index in [-0.39, 0.29) is 24.7 Å². The van der Waals surface area contributed by atoms with Crippen LogP contribution in [0.2, 0.25) is 0 Å². The van der Waals surface area contributed by atoms with Crippen molar-refractivity contribution < 1.29 is 32.9 Å². The van der Waals surface area contributed by atoms with E-state index in [0.29, 0.717) is 22.5 Å². The first-order chi connectivity index (χ1) is 15.8. The molecule has 0 saturated heterocycles. The molecular formula is C23H30FN3O6S. The molecule has 0 saturated carbocycles. The van der Waals surface area contributed by atoms with Gasteiger partial charge in [-0.2, -0.15) is 0 Å². The number of benzene rings is 1. The Morgan fingerprint density at radius 3 is 2.29 bits per heavy atom. The first-order valence-electron chi connectivity index (χ1n) is 10.7. The van der Waals surface area contributed by atoms with Gasteiger partial charge in [-0.15, -0.1) is 0 Å². The molecule has 9 nitrogen and oxygen atoms in total. The highest BCUT2D eigenvalue weighted by molar-refractivity contribution is 7.92. The molecular weight excluding hydrogens is 465 g/mol. The van der Waals surface area contributed by atoms with E-state index in [2.05, 4.69) is 9.97 Å². The Hall–Kier alpha value is -2.89. The molecule has 0 aliphatic rings. The Morgan fingerprint density at radius 2 is 1.76 bits per heavy atom. The summed E-state index contributed by atoms with van der Waals surface area (Å²) in [7, 11) is -2.30. The minimum atomic E-state index is -3.64. The number of aromatic nitrogens is 2. The van der Waals surface area contributed by atoms with Crippen molar-refractivity contribution in [2.75, 3.05) is 17.6 Å². The summed E-state index contributed by atoms with van der Waals surface area (Å²) in [6.07, 6.45) is 1.87. The molecule has 2 aromatic rings. The number of hydrogen-bond acceptors (Lipinski definition) is 7. The van der Waals surface area contributed by atoms with Crippen LogP contribution in [0.3, 0.4) is 0 Å². The standard InChI is InChI=1S/C23H30FN3O6S/c1-14(2)21-19(12-11-17(28)9-10-18(29)13-20(30)31)22(15-5-7-16(24)8-6-15)26-23(25-21)27(3)34(4,32)33/h5-8,11-12,14,17-18,28-29H,9-10,13H2,1-4H3,(H,30,31)/b12-11+. The number of halogens is 1. The van der Waals surface area contributed by atoms with E-state index in [1.807, 2.05) is 13.8 Å². The molecule has 0 aliphatic heterocycles. The van der Waals surface area contributed by atoms with Gasteiger partial charge in [0, 0.05) is 18.2 Å². The predicted molar refractivity (Wildman–Crippen MR) is 127 cm³/mol. The second-order valence-electron chi connectivity index (χ2n) is 8.32. The molecule has 1 heterocycles. The van der Waals surface area contributed by atoms with Gasteiger partial charge in [0.1, 0.15) is 5.82 Å². The van der Waals surface area contributed by atoms with Crippen molar-refractivity contribution in [1.82, 2.24) is 9.97 Å². The maximum atomic E-state index is 13.5. The van der Waals surface area contributed by atoms with Crippen LogP contribution in [0.5, 0.6) is 0 Å². The van der Waals surface area contributed by atoms with Gasteiger partial charge in [0.2, 0.25) is 16.0 Å². The van der Waals surface area contributed by atoms with Gasteiger partial charge in [-0.3, -0.25) is 4.79 Å². The Morgan fingerprint density at radius 1 is 1.15 bits per heavy atom. The molecule has 2 atom stereocenters. The Bertz CT molecular complexity index is 1140. The zero-order chi connectivity index (χ0) is 25.6. The summed E-state index contributed by atoms with van der Waals surface area (Å²) < 4.78 is 38.7. The minimum absolute atomic E-state index is 0.0417. The van der Waals surface area contributed by atoms with Crippen molar-refractivity contribution in [3.05, 3.63) is 47.4 Å². The average molecular weight is 496 g/mol. The third-order valence-electron chi connectivity index (χ3n) is 5.10. The number of hydrogen-bond donors (Lipinski definition) is 3. The van der Waals surface area contributed by atoms with Gasteiger partial charge in [0.05, 0.1) is 36.3 Å². The molecule has 186 valence electrons. The van der Waals surface area contributed by atoms with Gasteiger partial charge in [0.15, 0.2) is 0 Å². The molecule has 0 aliphatic carbocycles. The summed E-state index contributed by atoms with van der Waals surface area (Å²) in [6.45, 7) is 3.74. The molecule has 3 N–H and O–H groups in total. The van der Waals surface area contributed by atoms with E-state index in [0.717, 1.165) is 10.6 Å². The monoisotopic (exact) mass is 495 g/mol. The summed E-state index contributed by atoms with van der Waals surface area (Å²) in [5.41, 5.74) is 1.94. The molecule has 0 bridgehead atoms. The molecule has 0 amide bonds. The lowest BCUT2D eigenvalue weighted by molar-refractivity contribution is -0.139. The van der Waals surface area contributed by atoms with Crippen LogP contribution in [0.15, 0.2) is 30.3 Å². The number of aliphatic hydroxyl groups is 2. The number of nitrogens with zero attached hydrogens (tertiary/aromatic N) is 3. The Balaban J connectivity index is 2.52. The van der Waals surface area contributed by atoms with Crippen LogP contribution in [-0.2, 0) is 14.8 Å². The van der Waals surface area contributed by atoms with Gasteiger partial charge in [-0.05, 0) is 43.0 Å². The fourth-order valence-electron chi connectivity index (χ4n) is 3.17. The van der Waals surface area contributed by atoms with Gasteiger partial charge < -0.3 is 15.3 Å². The molecule has 11 heteroatoms. The lowest BCUT2D eigenvalue weighted by atomic mass is 9.97. The van der Waals surface area contributed by atoms with Crippen molar-refractivity contribution in [1.29, 1.82) is 0 Å². The highest BCUT2D eigenvalue weighted by Crippen LogP contribution is 2.31. The fourth-order valence-corrected chi connectivity index (χ4v) is 3.54. The third-order valence-corrected chi connectivity index (χ3v) is 6.26. The van der Waals surface area contributed by atoms with E-state index >= 15 is 0 Å². The number of sulfonamides is 1. The molecule has 1 aromatic carbocycles. The number of carboxylic acid groups (broad SMARTS) is 1. The minimum Gasteiger partial charge on any atom is -0.481 e. The first kappa shape index (κ1) is 27.4. The fraction of sp³-hybridized carbons (Fsp3) is 0.435. The van der Waals surface area contributed by atoms with E-state index in [1.54, 1.807) is 6.08 Å². The van der Waals surface area contributed by atoms with Crippen LogP contribution < -0.4 is 4.31 Å². The zero-order valence-corrected chi connectivity index (χ0v) is 20.3. The number of aliphatic hydroxyl groups excluding tert-OH is 2. The van der Waals surface area contributed by atoms with E-state index in [9.17, 15) is 27.8 Å². The van der Waals surface area contributed by atoms with Crippen LogP contribution in [0.1, 0.15) is 50.3 Å². The number of carbonyl (C=O) groups is 1. The lowest BCUT2D eigenvalue weighted by Crippen LogP contribution is -2.27. The quantitative estimate of drug-likeness (QED) is 0.432. The zero-order valence-electron chi connectivity index (χ0n) is 19.5. The lowest BCUT2D eigenvalue weighted by Gasteiger charge is -2.20. The van der Waals surface area contributed by atoms with E-state index in [4.69, 9.17) is 5.11 Å². The van der Waals surface area contributed by atoms with Gasteiger partial charge in [-0.1, -0.05) is 26.0 Å². The second-order valence-corrected chi connectivity index (χ2v) is 10.3. The van der Waals surface area contributed by atoms with Crippen LogP contribution in [0.25, 0.3) is 17.3 Å². The Labute approximate surface area is 198 Å². The van der Waals surface area contributed by atoms with Crippen LogP contribution in [0, 0.1) is 5.82 Å². The van der Waals surface area contributed by atoms with E-state index in [1.165, 1.54) is 37.4 Å². The number of aliphatic carboxylic acids is 1. The molecule has 2 rings (SSSR count). The number of rotatable bonds is 11. The maximum Gasteiger partial charge on any atom is 0.305 e. The molecule has 34 heavy (non-hydrogen) atoms. The third kappa shape index (κ3) is 7.57. The molecule has 0 spiro atoms. The highest BCUT2D eigenvalue weighted by atomic mass is 32.2. The van der Waals surface area contributed by atoms with Crippen molar-refractivity contribution in [2.45, 2.75) is 51.2 Å². The van der Waals surface area contributed by atoms with Crippen molar-refractivity contribution >= 4 is 28.0 Å². The van der Waals surface area contributed by atoms with Crippen molar-refractivity contribution in [3.8, 4) is 11.3 Å². The summed E-state index contributed by atoms with van der Waals surface area (Å²) in [4.78, 5) is 19.6. The molecule has 2 unspecified atom stereocenters. The Kier molecular flexibility index (Phi) is 9.25. The summed E-state index contributed by atoms with van der Waals surface area (Å²) in [6, 6.07) is 5.56.